The van der Waals surface area contributed by atoms with Crippen LogP contribution in [0.3, 0.4) is 0 Å². The highest BCUT2D eigenvalue weighted by Crippen LogP contribution is 2.72. The fourth-order valence-electron chi connectivity index (χ4n) is 1.02. The summed E-state index contributed by atoms with van der Waals surface area (Å²) in [6.07, 6.45) is 0. The second-order valence-electron chi connectivity index (χ2n) is 4.10. The van der Waals surface area contributed by atoms with E-state index in [9.17, 15) is 0 Å². The lowest BCUT2D eigenvalue weighted by molar-refractivity contribution is 0.456. The highest BCUT2D eigenvalue weighted by molar-refractivity contribution is 8.46. The SMILES string of the molecule is CC1PPPC(C(C)(C)C)P1. The normalized spacial score (nSPS) is 42.5. The maximum atomic E-state index is 2.44. The van der Waals surface area contributed by atoms with E-state index >= 15 is 0 Å². The standard InChI is InChI=1S/C7H18P4/c1-5-8-6(7(2,3)4)10-11-9-5/h5-6,8-11H,1-4H3. The van der Waals surface area contributed by atoms with Gasteiger partial charge in [-0.25, -0.2) is 0 Å². The van der Waals surface area contributed by atoms with E-state index in [4.69, 9.17) is 0 Å². The summed E-state index contributed by atoms with van der Waals surface area (Å²) < 4.78 is 0. The van der Waals surface area contributed by atoms with Crippen LogP contribution >= 0.6 is 33.1 Å². The van der Waals surface area contributed by atoms with E-state index in [1.165, 1.54) is 33.1 Å². The van der Waals surface area contributed by atoms with Gasteiger partial charge in [0.25, 0.3) is 0 Å². The average molecular weight is 226 g/mol. The zero-order valence-corrected chi connectivity index (χ0v) is 11.7. The van der Waals surface area contributed by atoms with Gasteiger partial charge in [0.2, 0.25) is 0 Å². The van der Waals surface area contributed by atoms with E-state index in [2.05, 4.69) is 27.7 Å². The lowest BCUT2D eigenvalue weighted by atomic mass is 10.00. The molecule has 11 heavy (non-hydrogen) atoms. The molecule has 0 spiro atoms. The molecule has 1 aliphatic rings. The Morgan fingerprint density at radius 1 is 1.09 bits per heavy atom. The number of hydrogen-bond acceptors (Lipinski definition) is 0. The van der Waals surface area contributed by atoms with E-state index in [0.717, 1.165) is 10.8 Å². The predicted molar refractivity (Wildman–Crippen MR) is 66.0 cm³/mol. The highest BCUT2D eigenvalue weighted by atomic mass is 32.4. The molecule has 1 rings (SSSR count). The van der Waals surface area contributed by atoms with Gasteiger partial charge in [-0.3, -0.25) is 0 Å². The van der Waals surface area contributed by atoms with Crippen molar-refractivity contribution in [2.45, 2.75) is 38.5 Å². The van der Waals surface area contributed by atoms with Crippen molar-refractivity contribution < 1.29 is 0 Å². The molecule has 1 fully saturated rings. The van der Waals surface area contributed by atoms with Crippen LogP contribution in [0, 0.1) is 5.41 Å². The summed E-state index contributed by atoms with van der Waals surface area (Å²) in [6.45, 7) is 9.65. The van der Waals surface area contributed by atoms with Crippen LogP contribution in [0.1, 0.15) is 27.7 Å². The van der Waals surface area contributed by atoms with Crippen molar-refractivity contribution in [2.75, 3.05) is 0 Å². The Labute approximate surface area is 77.4 Å². The summed E-state index contributed by atoms with van der Waals surface area (Å²) in [6, 6.07) is 0. The van der Waals surface area contributed by atoms with Crippen LogP contribution in [0.4, 0.5) is 0 Å². The molecular formula is C7H18P4. The molecular weight excluding hydrogens is 208 g/mol. The summed E-state index contributed by atoms with van der Waals surface area (Å²) in [4.78, 5) is 0. The fraction of sp³-hybridized carbons (Fsp3) is 1.00. The first kappa shape index (κ1) is 10.8. The van der Waals surface area contributed by atoms with Crippen molar-refractivity contribution in [3.63, 3.8) is 0 Å². The van der Waals surface area contributed by atoms with E-state index in [1.54, 1.807) is 0 Å². The maximum Gasteiger partial charge on any atom is 0.00327 e. The average Bonchev–Trinajstić information content (AvgIpc) is 1.86. The topological polar surface area (TPSA) is 0 Å². The number of rotatable bonds is 0. The summed E-state index contributed by atoms with van der Waals surface area (Å²) in [5.41, 5.74) is 0.586. The van der Waals surface area contributed by atoms with Crippen molar-refractivity contribution in [1.29, 1.82) is 0 Å². The summed E-state index contributed by atoms with van der Waals surface area (Å²) in [7, 11) is 5.12. The first-order valence-corrected chi connectivity index (χ1v) is 10.3. The van der Waals surface area contributed by atoms with Gasteiger partial charge in [-0.05, 0) is 10.8 Å². The van der Waals surface area contributed by atoms with Gasteiger partial charge < -0.3 is 0 Å². The lowest BCUT2D eigenvalue weighted by Crippen LogP contribution is -2.18. The lowest BCUT2D eigenvalue weighted by Gasteiger charge is -2.36. The summed E-state index contributed by atoms with van der Waals surface area (Å²) in [5, 5.41) is 2.11. The summed E-state index contributed by atoms with van der Waals surface area (Å²) >= 11 is 0. The summed E-state index contributed by atoms with van der Waals surface area (Å²) in [5.74, 6) is 0. The van der Waals surface area contributed by atoms with Crippen molar-refractivity contribution in [3.8, 4) is 0 Å². The largest absolute Gasteiger partial charge is 0.106 e. The molecule has 1 aliphatic heterocycles. The molecule has 0 radical (unpaired) electrons. The minimum atomic E-state index is 0.586. The van der Waals surface area contributed by atoms with Gasteiger partial charge in [0.1, 0.15) is 0 Å². The Kier molecular flexibility index (Phi) is 4.21. The molecule has 0 bridgehead atoms. The van der Waals surface area contributed by atoms with Gasteiger partial charge in [0.15, 0.2) is 0 Å². The second kappa shape index (κ2) is 4.29. The van der Waals surface area contributed by atoms with Crippen LogP contribution in [0.25, 0.3) is 0 Å². The molecule has 1 heterocycles. The van der Waals surface area contributed by atoms with Crippen LogP contribution in [-0.4, -0.2) is 10.8 Å². The van der Waals surface area contributed by atoms with E-state index in [0.29, 0.717) is 5.41 Å². The smallest absolute Gasteiger partial charge is 0.00327 e. The molecule has 0 saturated carbocycles. The maximum absolute atomic E-state index is 2.44. The third kappa shape index (κ3) is 3.53. The molecule has 0 aliphatic carbocycles. The van der Waals surface area contributed by atoms with Crippen LogP contribution in [0.5, 0.6) is 0 Å². The van der Waals surface area contributed by atoms with Crippen LogP contribution in [-0.2, 0) is 0 Å². The molecule has 0 aromatic rings. The van der Waals surface area contributed by atoms with Crippen LogP contribution in [0.15, 0.2) is 0 Å². The quantitative estimate of drug-likeness (QED) is 0.541. The van der Waals surface area contributed by atoms with Gasteiger partial charge in [0, 0.05) is 5.40 Å². The first-order valence-electron chi connectivity index (χ1n) is 4.02. The third-order valence-electron chi connectivity index (χ3n) is 1.79. The molecule has 66 valence electrons. The zero-order chi connectivity index (χ0) is 8.48. The second-order valence-corrected chi connectivity index (χ2v) is 14.0. The van der Waals surface area contributed by atoms with Crippen molar-refractivity contribution in [2.24, 2.45) is 5.41 Å². The van der Waals surface area contributed by atoms with Crippen LogP contribution < -0.4 is 0 Å². The van der Waals surface area contributed by atoms with Gasteiger partial charge in [-0.2, -0.15) is 0 Å². The van der Waals surface area contributed by atoms with E-state index in [1.807, 2.05) is 0 Å². The Balaban J connectivity index is 2.46. The molecule has 0 amide bonds. The molecule has 6 atom stereocenters. The molecule has 0 aromatic carbocycles. The Morgan fingerprint density at radius 2 is 1.73 bits per heavy atom. The fourth-order valence-corrected chi connectivity index (χ4v) is 17.3. The zero-order valence-electron chi connectivity index (χ0n) is 7.65. The van der Waals surface area contributed by atoms with E-state index < -0.39 is 0 Å². The van der Waals surface area contributed by atoms with Crippen molar-refractivity contribution in [1.82, 2.24) is 0 Å². The van der Waals surface area contributed by atoms with Gasteiger partial charge >= 0.3 is 0 Å². The van der Waals surface area contributed by atoms with E-state index in [-0.39, 0.29) is 0 Å². The van der Waals surface area contributed by atoms with Crippen molar-refractivity contribution >= 4 is 33.1 Å². The molecule has 0 N–H and O–H groups in total. The van der Waals surface area contributed by atoms with Gasteiger partial charge in [0.05, 0.1) is 0 Å². The van der Waals surface area contributed by atoms with Crippen LogP contribution in [0.2, 0.25) is 0 Å². The highest BCUT2D eigenvalue weighted by Gasteiger charge is 2.28. The Hall–Kier alpha value is 1.72. The third-order valence-corrected chi connectivity index (χ3v) is 14.6. The Morgan fingerprint density at radius 3 is 2.09 bits per heavy atom. The molecule has 0 aromatic heterocycles. The molecule has 1 saturated heterocycles. The first-order chi connectivity index (χ1) is 5.00. The van der Waals surface area contributed by atoms with Crippen molar-refractivity contribution in [3.05, 3.63) is 0 Å². The van der Waals surface area contributed by atoms with Gasteiger partial charge in [-0.15, -0.1) is 8.58 Å². The molecule has 0 nitrogen and oxygen atoms in total. The Bertz CT molecular complexity index is 129. The number of hydrogen-bond donors (Lipinski definition) is 0. The van der Waals surface area contributed by atoms with Gasteiger partial charge in [-0.1, -0.05) is 52.2 Å². The monoisotopic (exact) mass is 226 g/mol. The molecule has 4 heteroatoms. The predicted octanol–water partition coefficient (Wildman–Crippen LogP) is 4.26. The minimum absolute atomic E-state index is 0.586. The minimum Gasteiger partial charge on any atom is -0.106 e. The molecule has 6 unspecified atom stereocenters.